The van der Waals surface area contributed by atoms with E-state index in [0.29, 0.717) is 5.88 Å². The molecular formula is C14H14ClN3S. The van der Waals surface area contributed by atoms with E-state index in [-0.39, 0.29) is 0 Å². The second-order valence-electron chi connectivity index (χ2n) is 4.44. The maximum Gasteiger partial charge on any atom is 0.160 e. The molecule has 98 valence electrons. The SMILES string of the molecule is Cc1ccnc2c1nc(CCl)n2CCc1cccs1. The highest BCUT2D eigenvalue weighted by molar-refractivity contribution is 7.09. The summed E-state index contributed by atoms with van der Waals surface area (Å²) >= 11 is 7.79. The lowest BCUT2D eigenvalue weighted by atomic mass is 10.3. The van der Waals surface area contributed by atoms with Gasteiger partial charge in [-0.2, -0.15) is 0 Å². The number of thiophene rings is 1. The average Bonchev–Trinajstić information content (AvgIpc) is 3.03. The van der Waals surface area contributed by atoms with E-state index in [4.69, 9.17) is 11.6 Å². The Bertz CT molecular complexity index is 688. The van der Waals surface area contributed by atoms with E-state index in [1.165, 1.54) is 4.88 Å². The van der Waals surface area contributed by atoms with Gasteiger partial charge in [-0.15, -0.1) is 22.9 Å². The van der Waals surface area contributed by atoms with E-state index in [0.717, 1.165) is 35.5 Å². The Morgan fingerprint density at radius 2 is 2.26 bits per heavy atom. The normalized spacial score (nSPS) is 11.3. The van der Waals surface area contributed by atoms with Crippen LogP contribution in [0.15, 0.2) is 29.8 Å². The van der Waals surface area contributed by atoms with Crippen LogP contribution in [0.5, 0.6) is 0 Å². The van der Waals surface area contributed by atoms with Gasteiger partial charge in [-0.05, 0) is 36.4 Å². The number of pyridine rings is 1. The molecule has 3 heterocycles. The zero-order valence-corrected chi connectivity index (χ0v) is 12.2. The molecule has 0 aliphatic carbocycles. The first-order chi connectivity index (χ1) is 9.29. The molecule has 0 spiro atoms. The van der Waals surface area contributed by atoms with Gasteiger partial charge in [0.05, 0.1) is 5.88 Å². The van der Waals surface area contributed by atoms with Crippen LogP contribution in [-0.2, 0) is 18.8 Å². The predicted molar refractivity (Wildman–Crippen MR) is 79.8 cm³/mol. The fraction of sp³-hybridized carbons (Fsp3) is 0.286. The fourth-order valence-electron chi connectivity index (χ4n) is 2.20. The Hall–Kier alpha value is -1.39. The second kappa shape index (κ2) is 5.31. The van der Waals surface area contributed by atoms with E-state index >= 15 is 0 Å². The largest absolute Gasteiger partial charge is 0.311 e. The number of aryl methyl sites for hydroxylation is 3. The number of hydrogen-bond acceptors (Lipinski definition) is 3. The molecule has 3 nitrogen and oxygen atoms in total. The highest BCUT2D eigenvalue weighted by atomic mass is 35.5. The minimum atomic E-state index is 0.417. The zero-order chi connectivity index (χ0) is 13.2. The summed E-state index contributed by atoms with van der Waals surface area (Å²) in [6.07, 6.45) is 2.82. The summed E-state index contributed by atoms with van der Waals surface area (Å²) in [4.78, 5) is 10.4. The van der Waals surface area contributed by atoms with Gasteiger partial charge in [0.1, 0.15) is 11.3 Å². The summed E-state index contributed by atoms with van der Waals surface area (Å²) in [7, 11) is 0. The smallest absolute Gasteiger partial charge is 0.160 e. The van der Waals surface area contributed by atoms with Crippen molar-refractivity contribution in [1.82, 2.24) is 14.5 Å². The van der Waals surface area contributed by atoms with Crippen LogP contribution in [0.1, 0.15) is 16.3 Å². The van der Waals surface area contributed by atoms with Crippen molar-refractivity contribution in [1.29, 1.82) is 0 Å². The first kappa shape index (κ1) is 12.6. The first-order valence-corrected chi connectivity index (χ1v) is 7.60. The summed E-state index contributed by atoms with van der Waals surface area (Å²) in [6, 6.07) is 6.22. The maximum absolute atomic E-state index is 6.01. The minimum Gasteiger partial charge on any atom is -0.311 e. The molecule has 0 unspecified atom stereocenters. The van der Waals surface area contributed by atoms with Crippen LogP contribution in [0.3, 0.4) is 0 Å². The van der Waals surface area contributed by atoms with Crippen LogP contribution in [0.4, 0.5) is 0 Å². The molecule has 0 aliphatic rings. The lowest BCUT2D eigenvalue weighted by Crippen LogP contribution is -2.05. The summed E-state index contributed by atoms with van der Waals surface area (Å²) in [5.74, 6) is 1.32. The number of aromatic nitrogens is 3. The van der Waals surface area contributed by atoms with E-state index in [1.54, 1.807) is 11.3 Å². The maximum atomic E-state index is 6.01. The third-order valence-electron chi connectivity index (χ3n) is 3.20. The van der Waals surface area contributed by atoms with Crippen LogP contribution in [0.2, 0.25) is 0 Å². The Balaban J connectivity index is 1.99. The first-order valence-electron chi connectivity index (χ1n) is 6.18. The number of hydrogen-bond donors (Lipinski definition) is 0. The molecule has 0 atom stereocenters. The lowest BCUT2D eigenvalue weighted by Gasteiger charge is -2.05. The summed E-state index contributed by atoms with van der Waals surface area (Å²) in [5.41, 5.74) is 3.04. The minimum absolute atomic E-state index is 0.417. The van der Waals surface area contributed by atoms with Crippen LogP contribution < -0.4 is 0 Å². The molecule has 3 aromatic rings. The molecule has 3 aromatic heterocycles. The standard InChI is InChI=1S/C14H14ClN3S/c1-10-4-6-16-14-13(10)17-12(9-15)18(14)7-5-11-3-2-8-19-11/h2-4,6,8H,5,7,9H2,1H3. The Morgan fingerprint density at radius 1 is 1.37 bits per heavy atom. The monoisotopic (exact) mass is 291 g/mol. The fourth-order valence-corrected chi connectivity index (χ4v) is 3.10. The van der Waals surface area contributed by atoms with Gasteiger partial charge < -0.3 is 4.57 Å². The molecule has 0 radical (unpaired) electrons. The van der Waals surface area contributed by atoms with Gasteiger partial charge in [-0.1, -0.05) is 6.07 Å². The number of halogens is 1. The van der Waals surface area contributed by atoms with Crippen molar-refractivity contribution in [2.75, 3.05) is 0 Å². The molecule has 0 N–H and O–H groups in total. The lowest BCUT2D eigenvalue weighted by molar-refractivity contribution is 0.687. The molecule has 0 aliphatic heterocycles. The zero-order valence-electron chi connectivity index (χ0n) is 10.6. The highest BCUT2D eigenvalue weighted by Crippen LogP contribution is 2.20. The van der Waals surface area contributed by atoms with Gasteiger partial charge in [0.15, 0.2) is 5.65 Å². The van der Waals surface area contributed by atoms with Crippen molar-refractivity contribution in [3.8, 4) is 0 Å². The highest BCUT2D eigenvalue weighted by Gasteiger charge is 2.12. The van der Waals surface area contributed by atoms with Crippen LogP contribution in [0.25, 0.3) is 11.2 Å². The van der Waals surface area contributed by atoms with Crippen molar-refractivity contribution in [2.45, 2.75) is 25.8 Å². The topological polar surface area (TPSA) is 30.7 Å². The van der Waals surface area contributed by atoms with Crippen molar-refractivity contribution in [2.24, 2.45) is 0 Å². The molecule has 0 aromatic carbocycles. The number of fused-ring (bicyclic) bond motifs is 1. The number of rotatable bonds is 4. The summed E-state index contributed by atoms with van der Waals surface area (Å²) < 4.78 is 2.13. The molecule has 0 saturated carbocycles. The summed E-state index contributed by atoms with van der Waals surface area (Å²) in [6.45, 7) is 2.92. The van der Waals surface area contributed by atoms with Crippen LogP contribution in [0, 0.1) is 6.92 Å². The van der Waals surface area contributed by atoms with Crippen molar-refractivity contribution in [3.05, 3.63) is 46.0 Å². The van der Waals surface area contributed by atoms with Crippen LogP contribution in [-0.4, -0.2) is 14.5 Å². The molecule has 19 heavy (non-hydrogen) atoms. The molecular weight excluding hydrogens is 278 g/mol. The average molecular weight is 292 g/mol. The van der Waals surface area contributed by atoms with E-state index in [9.17, 15) is 0 Å². The van der Waals surface area contributed by atoms with Crippen LogP contribution >= 0.6 is 22.9 Å². The molecule has 0 fully saturated rings. The Labute approximate surface area is 120 Å². The van der Waals surface area contributed by atoms with Gasteiger partial charge in [0, 0.05) is 17.6 Å². The van der Waals surface area contributed by atoms with Gasteiger partial charge in [0.25, 0.3) is 0 Å². The Morgan fingerprint density at radius 3 is 3.00 bits per heavy atom. The summed E-state index contributed by atoms with van der Waals surface area (Å²) in [5, 5.41) is 2.10. The third kappa shape index (κ3) is 2.38. The number of imidazole rings is 1. The second-order valence-corrected chi connectivity index (χ2v) is 5.74. The van der Waals surface area contributed by atoms with Gasteiger partial charge in [0.2, 0.25) is 0 Å². The van der Waals surface area contributed by atoms with E-state index < -0.39 is 0 Å². The van der Waals surface area contributed by atoms with Crippen molar-refractivity contribution < 1.29 is 0 Å². The van der Waals surface area contributed by atoms with Crippen molar-refractivity contribution in [3.63, 3.8) is 0 Å². The quantitative estimate of drug-likeness (QED) is 0.685. The number of nitrogens with zero attached hydrogens (tertiary/aromatic N) is 3. The van der Waals surface area contributed by atoms with E-state index in [1.807, 2.05) is 12.3 Å². The van der Waals surface area contributed by atoms with Gasteiger partial charge in [-0.3, -0.25) is 0 Å². The number of alkyl halides is 1. The predicted octanol–water partition coefficient (Wildman–Crippen LogP) is 3.78. The molecule has 0 bridgehead atoms. The molecule has 0 amide bonds. The van der Waals surface area contributed by atoms with E-state index in [2.05, 4.69) is 39.0 Å². The van der Waals surface area contributed by atoms with Gasteiger partial charge >= 0.3 is 0 Å². The van der Waals surface area contributed by atoms with Gasteiger partial charge in [-0.25, -0.2) is 9.97 Å². The molecule has 0 saturated heterocycles. The molecule has 3 rings (SSSR count). The Kier molecular flexibility index (Phi) is 3.53. The third-order valence-corrected chi connectivity index (χ3v) is 4.37. The van der Waals surface area contributed by atoms with Crippen molar-refractivity contribution >= 4 is 34.1 Å². The molecule has 5 heteroatoms.